The van der Waals surface area contributed by atoms with Crippen LogP contribution in [0, 0.1) is 23.7 Å². The van der Waals surface area contributed by atoms with E-state index in [9.17, 15) is 18.0 Å². The van der Waals surface area contributed by atoms with E-state index in [1.54, 1.807) is 36.4 Å². The SMILES string of the molecule is C=CC1(Oc2cc(C(=O)Oc3ccccc3)ccc2OC(F)(F)F)CC2CC1C1CCCC21. The molecule has 4 nitrogen and oxygen atoms in total. The molecule has 0 saturated heterocycles. The highest BCUT2D eigenvalue weighted by atomic mass is 19.4. The summed E-state index contributed by atoms with van der Waals surface area (Å²) < 4.78 is 55.2. The molecule has 5 atom stereocenters. The number of hydrogen-bond donors (Lipinski definition) is 0. The lowest BCUT2D eigenvalue weighted by Crippen LogP contribution is -2.44. The van der Waals surface area contributed by atoms with E-state index < -0.39 is 23.7 Å². The number of carbonyl (C=O) groups excluding carboxylic acids is 1. The van der Waals surface area contributed by atoms with Crippen LogP contribution in [0.15, 0.2) is 61.2 Å². The monoisotopic (exact) mass is 458 g/mol. The molecule has 0 N–H and O–H groups in total. The Balaban J connectivity index is 1.46. The first kappa shape index (κ1) is 21.9. The molecule has 7 heteroatoms. The minimum atomic E-state index is -4.89. The van der Waals surface area contributed by atoms with Crippen molar-refractivity contribution in [1.29, 1.82) is 0 Å². The van der Waals surface area contributed by atoms with Crippen LogP contribution in [0.1, 0.15) is 42.5 Å². The molecule has 0 aliphatic heterocycles. The maximum atomic E-state index is 13.1. The Morgan fingerprint density at radius 3 is 2.55 bits per heavy atom. The first-order valence-electron chi connectivity index (χ1n) is 11.3. The number of ether oxygens (including phenoxy) is 3. The molecule has 0 heterocycles. The van der Waals surface area contributed by atoms with Gasteiger partial charge in [0.1, 0.15) is 11.4 Å². The van der Waals surface area contributed by atoms with Crippen molar-refractivity contribution in [2.24, 2.45) is 23.7 Å². The Bertz CT molecular complexity index is 1050. The molecule has 3 aliphatic carbocycles. The quantitative estimate of drug-likeness (QED) is 0.279. The number of hydrogen-bond acceptors (Lipinski definition) is 4. The molecule has 0 radical (unpaired) electrons. The summed E-state index contributed by atoms with van der Waals surface area (Å²) >= 11 is 0. The highest BCUT2D eigenvalue weighted by Gasteiger charge is 2.61. The van der Waals surface area contributed by atoms with Gasteiger partial charge in [-0.25, -0.2) is 4.79 Å². The van der Waals surface area contributed by atoms with E-state index in [0.29, 0.717) is 29.9 Å². The Labute approximate surface area is 190 Å². The van der Waals surface area contributed by atoms with E-state index in [4.69, 9.17) is 9.47 Å². The standard InChI is InChI=1S/C26H25F3O4/c1-2-25(15-17-13-21(25)20-10-6-9-19(17)20)32-23-14-16(11-12-22(23)33-26(27,28)29)24(30)31-18-7-4-3-5-8-18/h2-5,7-8,11-12,14,17,19-21H,1,6,9-10,13,15H2. The molecule has 3 fully saturated rings. The van der Waals surface area contributed by atoms with Crippen molar-refractivity contribution >= 4 is 5.97 Å². The van der Waals surface area contributed by atoms with Crippen molar-refractivity contribution in [1.82, 2.24) is 0 Å². The predicted molar refractivity (Wildman–Crippen MR) is 115 cm³/mol. The normalized spacial score (nSPS) is 30.0. The molecule has 2 bridgehead atoms. The summed E-state index contributed by atoms with van der Waals surface area (Å²) in [5, 5.41) is 0. The number of rotatable bonds is 6. The Hall–Kier alpha value is -2.96. The Morgan fingerprint density at radius 1 is 1.06 bits per heavy atom. The minimum Gasteiger partial charge on any atom is -0.479 e. The highest BCUT2D eigenvalue weighted by molar-refractivity contribution is 5.91. The Kier molecular flexibility index (Phi) is 5.38. The maximum absolute atomic E-state index is 13.1. The highest BCUT2D eigenvalue weighted by Crippen LogP contribution is 2.64. The van der Waals surface area contributed by atoms with Crippen LogP contribution in [0.3, 0.4) is 0 Å². The van der Waals surface area contributed by atoms with Gasteiger partial charge in [-0.1, -0.05) is 31.2 Å². The van der Waals surface area contributed by atoms with Gasteiger partial charge >= 0.3 is 12.3 Å². The third-order valence-electron chi connectivity index (χ3n) is 7.52. The molecule has 0 spiro atoms. The number of carbonyl (C=O) groups is 1. The molecular formula is C26H25F3O4. The van der Waals surface area contributed by atoms with Gasteiger partial charge in [-0.15, -0.1) is 13.2 Å². The van der Waals surface area contributed by atoms with Gasteiger partial charge in [0.05, 0.1) is 5.56 Å². The lowest BCUT2D eigenvalue weighted by atomic mass is 9.73. The topological polar surface area (TPSA) is 44.8 Å². The number of fused-ring (bicyclic) bond motifs is 5. The summed E-state index contributed by atoms with van der Waals surface area (Å²) in [6.45, 7) is 3.98. The molecule has 174 valence electrons. The third-order valence-corrected chi connectivity index (χ3v) is 7.52. The van der Waals surface area contributed by atoms with Crippen molar-refractivity contribution in [3.8, 4) is 17.2 Å². The first-order valence-corrected chi connectivity index (χ1v) is 11.3. The van der Waals surface area contributed by atoms with Crippen LogP contribution in [0.5, 0.6) is 17.2 Å². The Morgan fingerprint density at radius 2 is 1.82 bits per heavy atom. The van der Waals surface area contributed by atoms with Gasteiger partial charge in [0.2, 0.25) is 0 Å². The van der Waals surface area contributed by atoms with Crippen molar-refractivity contribution in [2.45, 2.75) is 44.1 Å². The van der Waals surface area contributed by atoms with Crippen LogP contribution in [0.4, 0.5) is 13.2 Å². The van der Waals surface area contributed by atoms with Crippen LogP contribution < -0.4 is 14.2 Å². The second-order valence-electron chi connectivity index (χ2n) is 9.24. The average molecular weight is 458 g/mol. The largest absolute Gasteiger partial charge is 0.573 e. The number of benzene rings is 2. The van der Waals surface area contributed by atoms with E-state index in [2.05, 4.69) is 11.3 Å². The van der Waals surface area contributed by atoms with Crippen molar-refractivity contribution in [3.05, 3.63) is 66.7 Å². The second-order valence-corrected chi connectivity index (χ2v) is 9.24. The first-order chi connectivity index (χ1) is 15.8. The summed E-state index contributed by atoms with van der Waals surface area (Å²) in [5.74, 6) is 0.891. The predicted octanol–water partition coefficient (Wildman–Crippen LogP) is 6.56. The lowest BCUT2D eigenvalue weighted by Gasteiger charge is -2.41. The van der Waals surface area contributed by atoms with Gasteiger partial charge in [-0.2, -0.15) is 0 Å². The summed E-state index contributed by atoms with van der Waals surface area (Å²) in [5.41, 5.74) is -0.702. The molecule has 0 aromatic heterocycles. The fourth-order valence-corrected chi connectivity index (χ4v) is 6.31. The number of para-hydroxylation sites is 1. The summed E-state index contributed by atoms with van der Waals surface area (Å²) in [6.07, 6.45) is 2.05. The van der Waals surface area contributed by atoms with Crippen LogP contribution >= 0.6 is 0 Å². The maximum Gasteiger partial charge on any atom is 0.573 e. The van der Waals surface area contributed by atoms with Crippen LogP contribution in [0.2, 0.25) is 0 Å². The molecule has 3 saturated carbocycles. The average Bonchev–Trinajstić information content (AvgIpc) is 3.47. The van der Waals surface area contributed by atoms with Gasteiger partial charge in [-0.05, 0) is 79.8 Å². The number of alkyl halides is 3. The van der Waals surface area contributed by atoms with Gasteiger partial charge in [0.15, 0.2) is 11.5 Å². The fourth-order valence-electron chi connectivity index (χ4n) is 6.31. The van der Waals surface area contributed by atoms with Crippen LogP contribution in [-0.4, -0.2) is 17.9 Å². The molecule has 3 aliphatic rings. The lowest BCUT2D eigenvalue weighted by molar-refractivity contribution is -0.275. The van der Waals surface area contributed by atoms with Gasteiger partial charge in [-0.3, -0.25) is 0 Å². The second kappa shape index (κ2) is 8.12. The third kappa shape index (κ3) is 4.09. The zero-order valence-electron chi connectivity index (χ0n) is 18.0. The molecule has 2 aromatic carbocycles. The molecule has 2 aromatic rings. The molecular weight excluding hydrogens is 433 g/mol. The van der Waals surface area contributed by atoms with E-state index in [1.807, 2.05) is 0 Å². The fraction of sp³-hybridized carbons (Fsp3) is 0.423. The van der Waals surface area contributed by atoms with E-state index >= 15 is 0 Å². The number of esters is 1. The molecule has 33 heavy (non-hydrogen) atoms. The summed E-state index contributed by atoms with van der Waals surface area (Å²) in [7, 11) is 0. The van der Waals surface area contributed by atoms with E-state index in [1.165, 1.54) is 25.0 Å². The zero-order chi connectivity index (χ0) is 23.2. The van der Waals surface area contributed by atoms with Gasteiger partial charge in [0.25, 0.3) is 0 Å². The van der Waals surface area contributed by atoms with Crippen LogP contribution in [-0.2, 0) is 0 Å². The minimum absolute atomic E-state index is 0.0736. The molecule has 0 amide bonds. The van der Waals surface area contributed by atoms with Crippen LogP contribution in [0.25, 0.3) is 0 Å². The summed E-state index contributed by atoms with van der Waals surface area (Å²) in [4.78, 5) is 12.7. The van der Waals surface area contributed by atoms with Crippen molar-refractivity contribution in [3.63, 3.8) is 0 Å². The smallest absolute Gasteiger partial charge is 0.479 e. The molecule has 5 rings (SSSR count). The van der Waals surface area contributed by atoms with Gasteiger partial charge in [0, 0.05) is 5.92 Å². The zero-order valence-corrected chi connectivity index (χ0v) is 18.0. The van der Waals surface area contributed by atoms with Crippen molar-refractivity contribution < 1.29 is 32.2 Å². The molecule has 5 unspecified atom stereocenters. The van der Waals surface area contributed by atoms with E-state index in [0.717, 1.165) is 18.9 Å². The van der Waals surface area contributed by atoms with E-state index in [-0.39, 0.29) is 17.2 Å². The summed E-state index contributed by atoms with van der Waals surface area (Å²) in [6, 6.07) is 12.1. The van der Waals surface area contributed by atoms with Gasteiger partial charge < -0.3 is 14.2 Å². The number of halogens is 3. The van der Waals surface area contributed by atoms with Crippen molar-refractivity contribution in [2.75, 3.05) is 0 Å².